The molecule has 0 saturated carbocycles. The number of hydrogen-bond acceptors (Lipinski definition) is 6. The molecule has 33 heavy (non-hydrogen) atoms. The van der Waals surface area contributed by atoms with Crippen LogP contribution in [0.5, 0.6) is 11.5 Å². The number of benzene rings is 3. The molecule has 0 unspecified atom stereocenters. The third kappa shape index (κ3) is 3.76. The van der Waals surface area contributed by atoms with Gasteiger partial charge in [0.15, 0.2) is 0 Å². The molecule has 0 saturated heterocycles. The molecule has 2 heterocycles. The highest BCUT2D eigenvalue weighted by Crippen LogP contribution is 2.26. The van der Waals surface area contributed by atoms with Crippen LogP contribution in [0.25, 0.3) is 31.7 Å². The topological polar surface area (TPSA) is 70.4 Å². The molecule has 6 nitrogen and oxygen atoms in total. The van der Waals surface area contributed by atoms with Crippen LogP contribution in [-0.2, 0) is 6.54 Å². The van der Waals surface area contributed by atoms with Crippen molar-refractivity contribution in [2.75, 3.05) is 14.2 Å². The fourth-order valence-electron chi connectivity index (χ4n) is 3.81. The van der Waals surface area contributed by atoms with Crippen molar-refractivity contribution in [2.45, 2.75) is 6.54 Å². The number of rotatable bonds is 5. The Labute approximate surface area is 193 Å². The van der Waals surface area contributed by atoms with Crippen molar-refractivity contribution in [1.82, 2.24) is 9.55 Å². The average molecular weight is 457 g/mol. The van der Waals surface area contributed by atoms with Gasteiger partial charge in [-0.2, -0.15) is 0 Å². The summed E-state index contributed by atoms with van der Waals surface area (Å²) >= 11 is 1.35. The third-order valence-corrected chi connectivity index (χ3v) is 6.61. The van der Waals surface area contributed by atoms with Crippen molar-refractivity contribution in [3.8, 4) is 22.9 Å². The average Bonchev–Trinajstić information content (AvgIpc) is 2.86. The second kappa shape index (κ2) is 8.52. The van der Waals surface area contributed by atoms with Crippen LogP contribution in [-0.4, -0.2) is 23.8 Å². The Morgan fingerprint density at radius 2 is 1.48 bits per heavy atom. The van der Waals surface area contributed by atoms with Crippen molar-refractivity contribution < 1.29 is 9.47 Å². The van der Waals surface area contributed by atoms with Crippen LogP contribution >= 0.6 is 11.3 Å². The summed E-state index contributed by atoms with van der Waals surface area (Å²) in [6.45, 7) is 0.268. The molecule has 5 rings (SSSR count). The van der Waals surface area contributed by atoms with E-state index in [0.29, 0.717) is 21.8 Å². The molecule has 7 heteroatoms. The molecule has 2 aromatic heterocycles. The van der Waals surface area contributed by atoms with E-state index in [4.69, 9.17) is 14.5 Å². The maximum Gasteiger partial charge on any atom is 0.266 e. The molecule has 0 radical (unpaired) electrons. The Balaban J connectivity index is 1.79. The molecule has 0 atom stereocenters. The van der Waals surface area contributed by atoms with Gasteiger partial charge in [-0.3, -0.25) is 14.2 Å². The van der Waals surface area contributed by atoms with Crippen molar-refractivity contribution >= 4 is 31.6 Å². The zero-order valence-electron chi connectivity index (χ0n) is 18.1. The lowest BCUT2D eigenvalue weighted by molar-refractivity contribution is 0.414. The highest BCUT2D eigenvalue weighted by atomic mass is 32.1. The number of aromatic nitrogens is 2. The smallest absolute Gasteiger partial charge is 0.266 e. The number of nitrogens with zero attached hydrogens (tertiary/aromatic N) is 2. The molecule has 0 amide bonds. The standard InChI is InChI=1S/C26H20N2O4S/c1-31-18-11-7-16(8-12-18)15-28-24(17-9-13-19(32-2)14-10-17)27-25-22(26(28)30)23(29)20-5-3-4-6-21(20)33-25/h3-14H,15H2,1-2H3. The summed E-state index contributed by atoms with van der Waals surface area (Å²) < 4.78 is 12.9. The molecule has 0 aliphatic rings. The van der Waals surface area contributed by atoms with E-state index in [1.54, 1.807) is 30.9 Å². The predicted octanol–water partition coefficient (Wildman–Crippen LogP) is 4.70. The summed E-state index contributed by atoms with van der Waals surface area (Å²) in [6.07, 6.45) is 0. The molecule has 0 fully saturated rings. The molecular weight excluding hydrogens is 436 g/mol. The van der Waals surface area contributed by atoms with Gasteiger partial charge in [0.2, 0.25) is 5.43 Å². The zero-order chi connectivity index (χ0) is 22.9. The molecule has 5 aromatic rings. The normalized spacial score (nSPS) is 11.1. The van der Waals surface area contributed by atoms with Crippen LogP contribution in [0, 0.1) is 0 Å². The summed E-state index contributed by atoms with van der Waals surface area (Å²) in [4.78, 5) is 32.2. The number of hydrogen-bond donors (Lipinski definition) is 0. The van der Waals surface area contributed by atoms with E-state index in [1.165, 1.54) is 11.3 Å². The second-order valence-corrected chi connectivity index (χ2v) is 8.54. The Morgan fingerprint density at radius 1 is 0.848 bits per heavy atom. The monoisotopic (exact) mass is 456 g/mol. The second-order valence-electron chi connectivity index (χ2n) is 7.51. The molecule has 164 valence electrons. The molecule has 0 aliphatic carbocycles. The van der Waals surface area contributed by atoms with Gasteiger partial charge in [-0.15, -0.1) is 11.3 Å². The maximum absolute atomic E-state index is 13.7. The summed E-state index contributed by atoms with van der Waals surface area (Å²) in [5.41, 5.74) is 1.01. The first kappa shape index (κ1) is 20.9. The highest BCUT2D eigenvalue weighted by molar-refractivity contribution is 7.24. The Bertz CT molecular complexity index is 1590. The van der Waals surface area contributed by atoms with Crippen LogP contribution < -0.4 is 20.5 Å². The summed E-state index contributed by atoms with van der Waals surface area (Å²) in [6, 6.07) is 22.2. The van der Waals surface area contributed by atoms with Crippen LogP contribution in [0.2, 0.25) is 0 Å². The van der Waals surface area contributed by atoms with Crippen LogP contribution in [0.1, 0.15) is 5.56 Å². The first-order valence-electron chi connectivity index (χ1n) is 10.3. The van der Waals surface area contributed by atoms with Crippen molar-refractivity contribution in [3.63, 3.8) is 0 Å². The van der Waals surface area contributed by atoms with E-state index in [0.717, 1.165) is 21.6 Å². The van der Waals surface area contributed by atoms with E-state index < -0.39 is 0 Å². The molecule has 0 N–H and O–H groups in total. The fourth-order valence-corrected chi connectivity index (χ4v) is 4.85. The molecule has 0 spiro atoms. The summed E-state index contributed by atoms with van der Waals surface area (Å²) in [7, 11) is 3.21. The van der Waals surface area contributed by atoms with Crippen molar-refractivity contribution in [1.29, 1.82) is 0 Å². The van der Waals surface area contributed by atoms with Gasteiger partial charge in [-0.25, -0.2) is 4.98 Å². The summed E-state index contributed by atoms with van der Waals surface area (Å²) in [5, 5.41) is 0.645. The molecule has 0 bridgehead atoms. The van der Waals surface area contributed by atoms with E-state index in [9.17, 15) is 9.59 Å². The van der Waals surface area contributed by atoms with Crippen molar-refractivity contribution in [3.05, 3.63) is 98.9 Å². The van der Waals surface area contributed by atoms with Gasteiger partial charge in [0.05, 0.1) is 20.8 Å². The van der Waals surface area contributed by atoms with Crippen LogP contribution in [0.15, 0.2) is 82.4 Å². The Hall–Kier alpha value is -3.97. The van der Waals surface area contributed by atoms with Gasteiger partial charge >= 0.3 is 0 Å². The lowest BCUT2D eigenvalue weighted by Crippen LogP contribution is -2.27. The van der Waals surface area contributed by atoms with Gasteiger partial charge in [0, 0.05) is 15.6 Å². The largest absolute Gasteiger partial charge is 0.497 e. The Kier molecular flexibility index (Phi) is 5.40. The Morgan fingerprint density at radius 3 is 2.15 bits per heavy atom. The summed E-state index contributed by atoms with van der Waals surface area (Å²) in [5.74, 6) is 1.93. The third-order valence-electron chi connectivity index (χ3n) is 5.55. The minimum absolute atomic E-state index is 0.115. The first-order valence-corrected chi connectivity index (χ1v) is 11.1. The molecule has 3 aromatic carbocycles. The van der Waals surface area contributed by atoms with Gasteiger partial charge in [0.1, 0.15) is 27.5 Å². The first-order chi connectivity index (χ1) is 16.1. The van der Waals surface area contributed by atoms with Gasteiger partial charge < -0.3 is 9.47 Å². The molecule has 0 aliphatic heterocycles. The minimum Gasteiger partial charge on any atom is -0.497 e. The van der Waals surface area contributed by atoms with Gasteiger partial charge in [-0.05, 0) is 54.1 Å². The van der Waals surface area contributed by atoms with Crippen molar-refractivity contribution in [2.24, 2.45) is 0 Å². The number of methoxy groups -OCH3 is 2. The SMILES string of the molecule is COc1ccc(Cn2c(-c3ccc(OC)cc3)nc3sc4ccccc4c(=O)c3c2=O)cc1. The number of ether oxygens (including phenoxy) is 2. The highest BCUT2D eigenvalue weighted by Gasteiger charge is 2.18. The lowest BCUT2D eigenvalue weighted by Gasteiger charge is -2.14. The fraction of sp³-hybridized carbons (Fsp3) is 0.115. The maximum atomic E-state index is 13.7. The van der Waals surface area contributed by atoms with Crippen LogP contribution in [0.3, 0.4) is 0 Å². The van der Waals surface area contributed by atoms with Crippen LogP contribution in [0.4, 0.5) is 0 Å². The van der Waals surface area contributed by atoms with Gasteiger partial charge in [-0.1, -0.05) is 24.3 Å². The van der Waals surface area contributed by atoms with E-state index in [-0.39, 0.29) is 22.9 Å². The van der Waals surface area contributed by atoms with E-state index in [1.807, 2.05) is 60.7 Å². The molecular formula is C26H20N2O4S. The number of fused-ring (bicyclic) bond motifs is 2. The zero-order valence-corrected chi connectivity index (χ0v) is 18.9. The lowest BCUT2D eigenvalue weighted by atomic mass is 10.1. The quantitative estimate of drug-likeness (QED) is 0.359. The van der Waals surface area contributed by atoms with E-state index >= 15 is 0 Å². The van der Waals surface area contributed by atoms with E-state index in [2.05, 4.69) is 0 Å². The predicted molar refractivity (Wildman–Crippen MR) is 132 cm³/mol. The minimum atomic E-state index is -0.353. The van der Waals surface area contributed by atoms with Gasteiger partial charge in [0.25, 0.3) is 5.56 Å².